The van der Waals surface area contributed by atoms with Gasteiger partial charge in [0.2, 0.25) is 5.91 Å². The van der Waals surface area contributed by atoms with Gasteiger partial charge in [-0.1, -0.05) is 24.6 Å². The number of rotatable bonds is 7. The highest BCUT2D eigenvalue weighted by Gasteiger charge is 2.24. The Hall–Kier alpha value is -2.60. The molecule has 1 unspecified atom stereocenters. The third-order valence-corrected chi connectivity index (χ3v) is 4.64. The molecule has 2 heterocycles. The predicted molar refractivity (Wildman–Crippen MR) is 98.7 cm³/mol. The van der Waals surface area contributed by atoms with Crippen LogP contribution in [0.25, 0.3) is 0 Å². The average molecular weight is 355 g/mol. The second kappa shape index (κ2) is 9.20. The van der Waals surface area contributed by atoms with Crippen LogP contribution < -0.4 is 10.6 Å². The van der Waals surface area contributed by atoms with Crippen LogP contribution in [0.4, 0.5) is 0 Å². The quantitative estimate of drug-likeness (QED) is 0.799. The molecular weight excluding hydrogens is 330 g/mol. The lowest BCUT2D eigenvalue weighted by Gasteiger charge is -2.33. The van der Waals surface area contributed by atoms with Crippen LogP contribution in [0.1, 0.15) is 41.4 Å². The van der Waals surface area contributed by atoms with Gasteiger partial charge in [0.15, 0.2) is 0 Å². The molecule has 3 rings (SSSR count). The van der Waals surface area contributed by atoms with Crippen molar-refractivity contribution in [3.63, 3.8) is 0 Å². The second-order valence-electron chi connectivity index (χ2n) is 6.48. The summed E-state index contributed by atoms with van der Waals surface area (Å²) in [6.07, 6.45) is 5.24. The molecule has 1 aromatic heterocycles. The van der Waals surface area contributed by atoms with E-state index in [1.165, 1.54) is 6.42 Å². The van der Waals surface area contributed by atoms with Crippen LogP contribution in [0.2, 0.25) is 0 Å². The smallest absolute Gasteiger partial charge is 0.251 e. The van der Waals surface area contributed by atoms with E-state index in [-0.39, 0.29) is 24.4 Å². The SMILES string of the molecule is O=C(CNC(=O)c1ccccc1)NCC(c1ccco1)N1CCCCC1. The van der Waals surface area contributed by atoms with Crippen molar-refractivity contribution >= 4 is 11.8 Å². The first kappa shape index (κ1) is 18.2. The number of hydrogen-bond donors (Lipinski definition) is 2. The summed E-state index contributed by atoms with van der Waals surface area (Å²) < 4.78 is 5.57. The van der Waals surface area contributed by atoms with E-state index in [0.717, 1.165) is 31.7 Å². The summed E-state index contributed by atoms with van der Waals surface area (Å²) in [5, 5.41) is 5.57. The Balaban J connectivity index is 1.50. The van der Waals surface area contributed by atoms with Crippen LogP contribution in [0.3, 0.4) is 0 Å². The molecule has 1 saturated heterocycles. The second-order valence-corrected chi connectivity index (χ2v) is 6.48. The zero-order valence-electron chi connectivity index (χ0n) is 14.8. The number of hydrogen-bond acceptors (Lipinski definition) is 4. The van der Waals surface area contributed by atoms with Gasteiger partial charge in [-0.15, -0.1) is 0 Å². The van der Waals surface area contributed by atoms with Gasteiger partial charge in [-0.2, -0.15) is 0 Å². The Morgan fingerprint density at radius 3 is 2.46 bits per heavy atom. The van der Waals surface area contributed by atoms with E-state index >= 15 is 0 Å². The Kier molecular flexibility index (Phi) is 6.44. The van der Waals surface area contributed by atoms with Crippen molar-refractivity contribution in [2.45, 2.75) is 25.3 Å². The molecule has 1 aliphatic heterocycles. The number of nitrogens with one attached hydrogen (secondary N) is 2. The van der Waals surface area contributed by atoms with Gasteiger partial charge in [-0.3, -0.25) is 14.5 Å². The molecule has 1 fully saturated rings. The fourth-order valence-electron chi connectivity index (χ4n) is 3.25. The lowest BCUT2D eigenvalue weighted by Crippen LogP contribution is -2.43. The van der Waals surface area contributed by atoms with Gasteiger partial charge in [-0.05, 0) is 50.2 Å². The van der Waals surface area contributed by atoms with Gasteiger partial charge in [0.1, 0.15) is 5.76 Å². The van der Waals surface area contributed by atoms with Crippen LogP contribution >= 0.6 is 0 Å². The third-order valence-electron chi connectivity index (χ3n) is 4.64. The first-order valence-corrected chi connectivity index (χ1v) is 9.11. The molecule has 0 bridgehead atoms. The molecule has 6 nitrogen and oxygen atoms in total. The van der Waals surface area contributed by atoms with Crippen molar-refractivity contribution in [1.82, 2.24) is 15.5 Å². The maximum Gasteiger partial charge on any atom is 0.251 e. The summed E-state index contributed by atoms with van der Waals surface area (Å²) in [6.45, 7) is 2.43. The molecule has 6 heteroatoms. The summed E-state index contributed by atoms with van der Waals surface area (Å²) in [4.78, 5) is 26.5. The Morgan fingerprint density at radius 1 is 1.00 bits per heavy atom. The summed E-state index contributed by atoms with van der Waals surface area (Å²) >= 11 is 0. The number of benzene rings is 1. The molecular formula is C20H25N3O3. The van der Waals surface area contributed by atoms with Crippen molar-refractivity contribution in [2.24, 2.45) is 0 Å². The van der Waals surface area contributed by atoms with Crippen LogP contribution in [0, 0.1) is 0 Å². The van der Waals surface area contributed by atoms with Crippen molar-refractivity contribution in [1.29, 1.82) is 0 Å². The highest BCUT2D eigenvalue weighted by molar-refractivity contribution is 5.96. The number of furan rings is 1. The molecule has 0 radical (unpaired) electrons. The molecule has 2 aromatic rings. The number of amides is 2. The minimum absolute atomic E-state index is 0.0269. The number of carbonyl (C=O) groups excluding carboxylic acids is 2. The lowest BCUT2D eigenvalue weighted by molar-refractivity contribution is -0.120. The monoisotopic (exact) mass is 355 g/mol. The fraction of sp³-hybridized carbons (Fsp3) is 0.400. The topological polar surface area (TPSA) is 74.6 Å². The maximum atomic E-state index is 12.2. The van der Waals surface area contributed by atoms with Crippen LogP contribution in [0.5, 0.6) is 0 Å². The van der Waals surface area contributed by atoms with E-state index in [1.54, 1.807) is 30.5 Å². The largest absolute Gasteiger partial charge is 0.468 e. The standard InChI is InChI=1S/C20H25N3O3/c24-19(15-22-20(25)16-8-3-1-4-9-16)21-14-17(18-10-7-13-26-18)23-11-5-2-6-12-23/h1,3-4,7-10,13,17H,2,5-6,11-12,14-15H2,(H,21,24)(H,22,25). The van der Waals surface area contributed by atoms with E-state index < -0.39 is 0 Å². The van der Waals surface area contributed by atoms with E-state index in [0.29, 0.717) is 12.1 Å². The Labute approximate surface area is 153 Å². The number of piperidine rings is 1. The minimum atomic E-state index is -0.251. The van der Waals surface area contributed by atoms with Gasteiger partial charge in [-0.25, -0.2) is 0 Å². The zero-order valence-corrected chi connectivity index (χ0v) is 14.8. The minimum Gasteiger partial charge on any atom is -0.468 e. The van der Waals surface area contributed by atoms with E-state index in [2.05, 4.69) is 15.5 Å². The summed E-state index contributed by atoms with van der Waals surface area (Å²) in [5.41, 5.74) is 0.544. The van der Waals surface area contributed by atoms with Crippen molar-refractivity contribution < 1.29 is 14.0 Å². The molecule has 0 spiro atoms. The molecule has 2 N–H and O–H groups in total. The highest BCUT2D eigenvalue weighted by Crippen LogP contribution is 2.24. The van der Waals surface area contributed by atoms with Gasteiger partial charge < -0.3 is 15.1 Å². The predicted octanol–water partition coefficient (Wildman–Crippen LogP) is 2.35. The van der Waals surface area contributed by atoms with Gasteiger partial charge in [0.05, 0.1) is 18.8 Å². The van der Waals surface area contributed by atoms with Gasteiger partial charge in [0.25, 0.3) is 5.91 Å². The van der Waals surface area contributed by atoms with Gasteiger partial charge >= 0.3 is 0 Å². The summed E-state index contributed by atoms with van der Waals surface area (Å²) in [5.74, 6) is 0.405. The molecule has 1 aliphatic rings. The third kappa shape index (κ3) is 4.95. The van der Waals surface area contributed by atoms with Crippen molar-refractivity contribution in [3.8, 4) is 0 Å². The Bertz CT molecular complexity index is 694. The Morgan fingerprint density at radius 2 is 1.77 bits per heavy atom. The molecule has 0 saturated carbocycles. The first-order valence-electron chi connectivity index (χ1n) is 9.11. The summed E-state index contributed by atoms with van der Waals surface area (Å²) in [7, 11) is 0. The number of nitrogens with zero attached hydrogens (tertiary/aromatic N) is 1. The normalized spacial score (nSPS) is 16.0. The van der Waals surface area contributed by atoms with Crippen LogP contribution in [0.15, 0.2) is 53.1 Å². The van der Waals surface area contributed by atoms with Gasteiger partial charge in [0, 0.05) is 12.1 Å². The van der Waals surface area contributed by atoms with E-state index in [4.69, 9.17) is 4.42 Å². The molecule has 2 amide bonds. The number of carbonyl (C=O) groups is 2. The van der Waals surface area contributed by atoms with Crippen molar-refractivity contribution in [2.75, 3.05) is 26.2 Å². The van der Waals surface area contributed by atoms with E-state index in [9.17, 15) is 9.59 Å². The lowest BCUT2D eigenvalue weighted by atomic mass is 10.1. The molecule has 1 aromatic carbocycles. The molecule has 0 aliphatic carbocycles. The summed E-state index contributed by atoms with van der Waals surface area (Å²) in [6, 6.07) is 12.7. The zero-order chi connectivity index (χ0) is 18.2. The van der Waals surface area contributed by atoms with Crippen LogP contribution in [-0.4, -0.2) is 42.9 Å². The number of likely N-dealkylation sites (tertiary alicyclic amines) is 1. The fourth-order valence-corrected chi connectivity index (χ4v) is 3.25. The molecule has 1 atom stereocenters. The molecule has 138 valence electrons. The average Bonchev–Trinajstić information content (AvgIpc) is 3.22. The van der Waals surface area contributed by atoms with E-state index in [1.807, 2.05) is 18.2 Å². The maximum absolute atomic E-state index is 12.2. The van der Waals surface area contributed by atoms with Crippen molar-refractivity contribution in [3.05, 3.63) is 60.1 Å². The highest BCUT2D eigenvalue weighted by atomic mass is 16.3. The van der Waals surface area contributed by atoms with Crippen LogP contribution in [-0.2, 0) is 4.79 Å². The molecule has 26 heavy (non-hydrogen) atoms. The first-order chi connectivity index (χ1) is 12.7.